The van der Waals surface area contributed by atoms with Gasteiger partial charge in [-0.25, -0.2) is 0 Å². The first-order chi connectivity index (χ1) is 8.54. The average molecular weight is 266 g/mol. The van der Waals surface area contributed by atoms with Gasteiger partial charge in [0.25, 0.3) is 5.91 Å². The normalized spacial score (nSPS) is 23.9. The Bertz CT molecular complexity index is 427. The van der Waals surface area contributed by atoms with Gasteiger partial charge in [0.15, 0.2) is 0 Å². The molecule has 0 saturated carbocycles. The van der Waals surface area contributed by atoms with E-state index in [1.165, 1.54) is 5.56 Å². The average Bonchev–Trinajstić information content (AvgIpc) is 2.94. The molecule has 0 bridgehead atoms. The summed E-state index contributed by atoms with van der Waals surface area (Å²) in [4.78, 5) is 15.5. The SMILES string of the molecule is CC(C)c1ccsc1C(=O)N1CC(CN)CC1C. The summed E-state index contributed by atoms with van der Waals surface area (Å²) < 4.78 is 0. The van der Waals surface area contributed by atoms with Crippen molar-refractivity contribution in [3.05, 3.63) is 21.9 Å². The minimum Gasteiger partial charge on any atom is -0.335 e. The molecule has 18 heavy (non-hydrogen) atoms. The van der Waals surface area contributed by atoms with Crippen molar-refractivity contribution < 1.29 is 4.79 Å². The Morgan fingerprint density at radius 1 is 1.61 bits per heavy atom. The van der Waals surface area contributed by atoms with Crippen molar-refractivity contribution in [3.8, 4) is 0 Å². The molecule has 2 atom stereocenters. The molecule has 1 aliphatic rings. The van der Waals surface area contributed by atoms with E-state index < -0.39 is 0 Å². The van der Waals surface area contributed by atoms with Crippen LogP contribution in [0.4, 0.5) is 0 Å². The number of carbonyl (C=O) groups is 1. The number of nitrogens with two attached hydrogens (primary N) is 1. The van der Waals surface area contributed by atoms with Gasteiger partial charge in [0.2, 0.25) is 0 Å². The molecule has 2 N–H and O–H groups in total. The molecule has 1 fully saturated rings. The van der Waals surface area contributed by atoms with E-state index in [9.17, 15) is 4.79 Å². The van der Waals surface area contributed by atoms with Gasteiger partial charge in [-0.05, 0) is 48.7 Å². The third-order valence-corrected chi connectivity index (χ3v) is 4.69. The fourth-order valence-electron chi connectivity index (χ4n) is 2.67. The van der Waals surface area contributed by atoms with Crippen LogP contribution in [0.15, 0.2) is 11.4 Å². The van der Waals surface area contributed by atoms with Gasteiger partial charge in [0, 0.05) is 12.6 Å². The molecule has 2 unspecified atom stereocenters. The second-order valence-electron chi connectivity index (χ2n) is 5.50. The molecule has 1 aromatic rings. The number of thiophene rings is 1. The summed E-state index contributed by atoms with van der Waals surface area (Å²) in [6.07, 6.45) is 1.03. The summed E-state index contributed by atoms with van der Waals surface area (Å²) in [5.74, 6) is 1.06. The minimum absolute atomic E-state index is 0.192. The molecule has 3 nitrogen and oxygen atoms in total. The van der Waals surface area contributed by atoms with E-state index in [4.69, 9.17) is 5.73 Å². The molecule has 1 aromatic heterocycles. The van der Waals surface area contributed by atoms with Crippen LogP contribution >= 0.6 is 11.3 Å². The first-order valence-electron chi connectivity index (χ1n) is 6.63. The number of hydrogen-bond donors (Lipinski definition) is 1. The summed E-state index contributed by atoms with van der Waals surface area (Å²) in [5.41, 5.74) is 6.89. The Balaban J connectivity index is 2.19. The van der Waals surface area contributed by atoms with Crippen LogP contribution in [0.2, 0.25) is 0 Å². The Kier molecular flexibility index (Phi) is 4.07. The Morgan fingerprint density at radius 2 is 2.33 bits per heavy atom. The largest absolute Gasteiger partial charge is 0.335 e. The fourth-order valence-corrected chi connectivity index (χ4v) is 3.68. The maximum absolute atomic E-state index is 12.6. The molecule has 0 spiro atoms. The predicted octanol–water partition coefficient (Wildman–Crippen LogP) is 2.68. The van der Waals surface area contributed by atoms with Gasteiger partial charge >= 0.3 is 0 Å². The monoisotopic (exact) mass is 266 g/mol. The zero-order valence-corrected chi connectivity index (χ0v) is 12.2. The van der Waals surface area contributed by atoms with Crippen LogP contribution in [0.5, 0.6) is 0 Å². The molecule has 100 valence electrons. The van der Waals surface area contributed by atoms with Gasteiger partial charge in [-0.1, -0.05) is 13.8 Å². The molecule has 0 radical (unpaired) electrons. The Labute approximate surface area is 113 Å². The molecule has 0 aliphatic carbocycles. The van der Waals surface area contributed by atoms with Crippen molar-refractivity contribution in [3.63, 3.8) is 0 Å². The second kappa shape index (κ2) is 5.41. The van der Waals surface area contributed by atoms with Crippen LogP contribution in [0, 0.1) is 5.92 Å². The van der Waals surface area contributed by atoms with Crippen LogP contribution < -0.4 is 5.73 Å². The van der Waals surface area contributed by atoms with Crippen molar-refractivity contribution in [1.82, 2.24) is 4.90 Å². The lowest BCUT2D eigenvalue weighted by Gasteiger charge is -2.22. The maximum atomic E-state index is 12.6. The van der Waals surface area contributed by atoms with Crippen LogP contribution in [0.3, 0.4) is 0 Å². The van der Waals surface area contributed by atoms with E-state index in [0.29, 0.717) is 24.4 Å². The lowest BCUT2D eigenvalue weighted by atomic mass is 10.0. The van der Waals surface area contributed by atoms with Crippen LogP contribution in [0.1, 0.15) is 48.3 Å². The second-order valence-corrected chi connectivity index (χ2v) is 6.42. The summed E-state index contributed by atoms with van der Waals surface area (Å²) in [7, 11) is 0. The van der Waals surface area contributed by atoms with Crippen LogP contribution in [0.25, 0.3) is 0 Å². The number of nitrogens with zero attached hydrogens (tertiary/aromatic N) is 1. The van der Waals surface area contributed by atoms with Crippen LogP contribution in [-0.4, -0.2) is 29.9 Å². The summed E-state index contributed by atoms with van der Waals surface area (Å²) >= 11 is 1.56. The number of likely N-dealkylation sites (tertiary alicyclic amines) is 1. The lowest BCUT2D eigenvalue weighted by Crippen LogP contribution is -2.34. The number of carbonyl (C=O) groups excluding carboxylic acids is 1. The quantitative estimate of drug-likeness (QED) is 0.914. The van der Waals surface area contributed by atoms with E-state index in [2.05, 4.69) is 26.8 Å². The molecule has 1 saturated heterocycles. The Hall–Kier alpha value is -0.870. The van der Waals surface area contributed by atoms with Gasteiger partial charge in [-0.2, -0.15) is 0 Å². The van der Waals surface area contributed by atoms with Crippen molar-refractivity contribution >= 4 is 17.2 Å². The highest BCUT2D eigenvalue weighted by atomic mass is 32.1. The van der Waals surface area contributed by atoms with Crippen molar-refractivity contribution in [2.45, 2.75) is 39.2 Å². The molecule has 1 aliphatic heterocycles. The number of amides is 1. The summed E-state index contributed by atoms with van der Waals surface area (Å²) in [5, 5.41) is 2.02. The van der Waals surface area contributed by atoms with Gasteiger partial charge in [-0.15, -0.1) is 11.3 Å². The highest BCUT2D eigenvalue weighted by molar-refractivity contribution is 7.12. The van der Waals surface area contributed by atoms with Crippen molar-refractivity contribution in [1.29, 1.82) is 0 Å². The molecule has 0 aromatic carbocycles. The highest BCUT2D eigenvalue weighted by Crippen LogP contribution is 2.30. The zero-order valence-electron chi connectivity index (χ0n) is 11.3. The van der Waals surface area contributed by atoms with E-state index in [1.54, 1.807) is 11.3 Å². The first-order valence-corrected chi connectivity index (χ1v) is 7.51. The molecule has 4 heteroatoms. The van der Waals surface area contributed by atoms with E-state index in [-0.39, 0.29) is 5.91 Å². The lowest BCUT2D eigenvalue weighted by molar-refractivity contribution is 0.0747. The molecular weight excluding hydrogens is 244 g/mol. The number of rotatable bonds is 3. The molecular formula is C14H22N2OS. The third kappa shape index (κ3) is 2.45. The highest BCUT2D eigenvalue weighted by Gasteiger charge is 2.33. The van der Waals surface area contributed by atoms with E-state index in [0.717, 1.165) is 17.8 Å². The summed E-state index contributed by atoms with van der Waals surface area (Å²) in [6, 6.07) is 2.39. The molecule has 1 amide bonds. The van der Waals surface area contributed by atoms with Crippen molar-refractivity contribution in [2.75, 3.05) is 13.1 Å². The molecule has 2 rings (SSSR count). The number of hydrogen-bond acceptors (Lipinski definition) is 3. The summed E-state index contributed by atoms with van der Waals surface area (Å²) in [6.45, 7) is 7.88. The predicted molar refractivity (Wildman–Crippen MR) is 76.1 cm³/mol. The fraction of sp³-hybridized carbons (Fsp3) is 0.643. The third-order valence-electron chi connectivity index (χ3n) is 3.77. The van der Waals surface area contributed by atoms with Crippen molar-refractivity contribution in [2.24, 2.45) is 11.7 Å². The zero-order chi connectivity index (χ0) is 13.3. The van der Waals surface area contributed by atoms with E-state index >= 15 is 0 Å². The smallest absolute Gasteiger partial charge is 0.264 e. The maximum Gasteiger partial charge on any atom is 0.264 e. The standard InChI is InChI=1S/C14H22N2OS/c1-9(2)12-4-5-18-13(12)14(17)16-8-11(7-15)6-10(16)3/h4-5,9-11H,6-8,15H2,1-3H3. The van der Waals surface area contributed by atoms with Gasteiger partial charge in [0.05, 0.1) is 4.88 Å². The minimum atomic E-state index is 0.192. The Morgan fingerprint density at radius 3 is 2.89 bits per heavy atom. The first kappa shape index (κ1) is 13.6. The van der Waals surface area contributed by atoms with Gasteiger partial charge in [-0.3, -0.25) is 4.79 Å². The topological polar surface area (TPSA) is 46.3 Å². The molecule has 2 heterocycles. The van der Waals surface area contributed by atoms with Gasteiger partial charge in [0.1, 0.15) is 0 Å². The van der Waals surface area contributed by atoms with Gasteiger partial charge < -0.3 is 10.6 Å². The van der Waals surface area contributed by atoms with Crippen LogP contribution in [-0.2, 0) is 0 Å². The van der Waals surface area contributed by atoms with E-state index in [1.807, 2.05) is 10.3 Å².